The number of hydrogen-bond acceptors (Lipinski definition) is 2. The second-order valence-corrected chi connectivity index (χ2v) is 4.59. The van der Waals surface area contributed by atoms with Gasteiger partial charge in [-0.05, 0) is 31.5 Å². The van der Waals surface area contributed by atoms with E-state index in [2.05, 4.69) is 5.32 Å². The summed E-state index contributed by atoms with van der Waals surface area (Å²) in [6.45, 7) is 3.79. The lowest BCUT2D eigenvalue weighted by atomic mass is 10.0. The van der Waals surface area contributed by atoms with Crippen molar-refractivity contribution in [3.8, 4) is 0 Å². The lowest BCUT2D eigenvalue weighted by Gasteiger charge is -2.16. The molecule has 0 aliphatic heterocycles. The molecule has 98 valence electrons. The molecule has 0 bridgehead atoms. The predicted molar refractivity (Wildman–Crippen MR) is 74.6 cm³/mol. The van der Waals surface area contributed by atoms with Gasteiger partial charge in [-0.2, -0.15) is 0 Å². The minimum absolute atomic E-state index is 0.120. The number of benzene rings is 1. The zero-order chi connectivity index (χ0) is 13.7. The second kappa shape index (κ2) is 6.05. The third-order valence-corrected chi connectivity index (χ3v) is 2.67. The Bertz CT molecular complexity index is 552. The van der Waals surface area contributed by atoms with Gasteiger partial charge in [0.05, 0.1) is 6.26 Å². The first-order valence-electron chi connectivity index (χ1n) is 6.20. The van der Waals surface area contributed by atoms with E-state index in [9.17, 15) is 4.79 Å². The molecule has 1 unspecified atom stereocenters. The molecule has 2 rings (SSSR count). The highest BCUT2D eigenvalue weighted by atomic mass is 16.3. The lowest BCUT2D eigenvalue weighted by Crippen LogP contribution is -2.27. The third kappa shape index (κ3) is 3.58. The zero-order valence-corrected chi connectivity index (χ0v) is 11.1. The van der Waals surface area contributed by atoms with Crippen LogP contribution in [-0.2, 0) is 4.79 Å². The Morgan fingerprint density at radius 3 is 2.47 bits per heavy atom. The second-order valence-electron chi connectivity index (χ2n) is 4.59. The van der Waals surface area contributed by atoms with Crippen molar-refractivity contribution in [2.75, 3.05) is 0 Å². The molecule has 3 nitrogen and oxygen atoms in total. The average molecular weight is 255 g/mol. The van der Waals surface area contributed by atoms with Gasteiger partial charge in [0.2, 0.25) is 5.91 Å². The summed E-state index contributed by atoms with van der Waals surface area (Å²) >= 11 is 0. The highest BCUT2D eigenvalue weighted by molar-refractivity contribution is 5.88. The topological polar surface area (TPSA) is 42.2 Å². The van der Waals surface area contributed by atoms with E-state index in [0.29, 0.717) is 0 Å². The molecule has 0 radical (unpaired) electrons. The first-order chi connectivity index (χ1) is 9.16. The van der Waals surface area contributed by atoms with Crippen LogP contribution in [0.15, 0.2) is 64.8 Å². The van der Waals surface area contributed by atoms with Crippen LogP contribution in [0.1, 0.15) is 31.2 Å². The highest BCUT2D eigenvalue weighted by Crippen LogP contribution is 2.22. The molecule has 2 aromatic rings. The van der Waals surface area contributed by atoms with Crippen molar-refractivity contribution < 1.29 is 9.21 Å². The van der Waals surface area contributed by atoms with Crippen molar-refractivity contribution in [2.24, 2.45) is 0 Å². The highest BCUT2D eigenvalue weighted by Gasteiger charge is 2.18. The number of nitrogens with one attached hydrogen (secondary N) is 1. The average Bonchev–Trinajstić information content (AvgIpc) is 2.90. The van der Waals surface area contributed by atoms with Gasteiger partial charge in [0.1, 0.15) is 11.8 Å². The van der Waals surface area contributed by atoms with Gasteiger partial charge in [0.25, 0.3) is 0 Å². The molecule has 0 aliphatic carbocycles. The molecule has 3 heteroatoms. The number of hydrogen-bond donors (Lipinski definition) is 1. The molecular formula is C16H17NO2. The molecule has 1 aromatic carbocycles. The van der Waals surface area contributed by atoms with Crippen LogP contribution >= 0.6 is 0 Å². The summed E-state index contributed by atoms with van der Waals surface area (Å²) in [5.41, 5.74) is 1.96. The van der Waals surface area contributed by atoms with Gasteiger partial charge < -0.3 is 9.73 Å². The molecule has 1 amide bonds. The van der Waals surface area contributed by atoms with Crippen molar-refractivity contribution in [3.63, 3.8) is 0 Å². The van der Waals surface area contributed by atoms with E-state index in [4.69, 9.17) is 4.42 Å². The maximum Gasteiger partial charge on any atom is 0.244 e. The zero-order valence-electron chi connectivity index (χ0n) is 11.1. The molecule has 1 N–H and O–H groups in total. The lowest BCUT2D eigenvalue weighted by molar-refractivity contribution is -0.117. The summed E-state index contributed by atoms with van der Waals surface area (Å²) in [6, 6.07) is 13.2. The number of furan rings is 1. The summed E-state index contributed by atoms with van der Waals surface area (Å²) in [5.74, 6) is 0.604. The Morgan fingerprint density at radius 2 is 1.89 bits per heavy atom. The van der Waals surface area contributed by atoms with Crippen LogP contribution in [0.3, 0.4) is 0 Å². The van der Waals surface area contributed by atoms with Crippen LogP contribution < -0.4 is 5.32 Å². The van der Waals surface area contributed by atoms with E-state index < -0.39 is 0 Å². The fraction of sp³-hybridized carbons (Fsp3) is 0.188. The normalized spacial score (nSPS) is 11.7. The van der Waals surface area contributed by atoms with Gasteiger partial charge in [-0.3, -0.25) is 4.79 Å². The Balaban J connectivity index is 2.26. The molecule has 1 atom stereocenters. The van der Waals surface area contributed by atoms with E-state index in [1.54, 1.807) is 12.3 Å². The SMILES string of the molecule is CC(C)=CC(=O)NC(c1ccccc1)c1ccco1. The van der Waals surface area contributed by atoms with Gasteiger partial charge in [0, 0.05) is 6.08 Å². The Hall–Kier alpha value is -2.29. The minimum atomic E-state index is -0.265. The van der Waals surface area contributed by atoms with Gasteiger partial charge in [-0.15, -0.1) is 0 Å². The molecule has 0 saturated carbocycles. The number of rotatable bonds is 4. The van der Waals surface area contributed by atoms with E-state index in [1.807, 2.05) is 56.3 Å². The standard InChI is InChI=1S/C16H17NO2/c1-12(2)11-15(18)17-16(14-9-6-10-19-14)13-7-4-3-5-8-13/h3-11,16H,1-2H3,(H,17,18). The largest absolute Gasteiger partial charge is 0.467 e. The van der Waals surface area contributed by atoms with Crippen LogP contribution in [0.5, 0.6) is 0 Å². The maximum atomic E-state index is 11.9. The van der Waals surface area contributed by atoms with E-state index in [-0.39, 0.29) is 11.9 Å². The van der Waals surface area contributed by atoms with Crippen molar-refractivity contribution in [3.05, 3.63) is 71.7 Å². The summed E-state index contributed by atoms with van der Waals surface area (Å²) in [5, 5.41) is 2.96. The first-order valence-corrected chi connectivity index (χ1v) is 6.20. The molecule has 19 heavy (non-hydrogen) atoms. The monoisotopic (exact) mass is 255 g/mol. The van der Waals surface area contributed by atoms with Crippen LogP contribution in [-0.4, -0.2) is 5.91 Å². The summed E-state index contributed by atoms with van der Waals surface area (Å²) in [6.07, 6.45) is 3.19. The number of allylic oxidation sites excluding steroid dienone is 1. The van der Waals surface area contributed by atoms with Crippen molar-refractivity contribution >= 4 is 5.91 Å². The van der Waals surface area contributed by atoms with Crippen LogP contribution in [0.25, 0.3) is 0 Å². The van der Waals surface area contributed by atoms with E-state index in [1.165, 1.54) is 0 Å². The van der Waals surface area contributed by atoms with Gasteiger partial charge in [-0.25, -0.2) is 0 Å². The Morgan fingerprint density at radius 1 is 1.16 bits per heavy atom. The van der Waals surface area contributed by atoms with E-state index >= 15 is 0 Å². The molecule has 1 aromatic heterocycles. The van der Waals surface area contributed by atoms with Gasteiger partial charge in [-0.1, -0.05) is 35.9 Å². The summed E-state index contributed by atoms with van der Waals surface area (Å²) in [4.78, 5) is 11.9. The molecule has 1 heterocycles. The fourth-order valence-corrected chi connectivity index (χ4v) is 1.87. The molecular weight excluding hydrogens is 238 g/mol. The summed E-state index contributed by atoms with van der Waals surface area (Å²) < 4.78 is 5.42. The third-order valence-electron chi connectivity index (χ3n) is 2.67. The van der Waals surface area contributed by atoms with Crippen molar-refractivity contribution in [1.29, 1.82) is 0 Å². The first kappa shape index (κ1) is 13.1. The smallest absolute Gasteiger partial charge is 0.244 e. The maximum absolute atomic E-state index is 11.9. The fourth-order valence-electron chi connectivity index (χ4n) is 1.87. The quantitative estimate of drug-likeness (QED) is 0.850. The van der Waals surface area contributed by atoms with Crippen molar-refractivity contribution in [2.45, 2.75) is 19.9 Å². The molecule has 0 fully saturated rings. The molecule has 0 spiro atoms. The van der Waals surface area contributed by atoms with Crippen LogP contribution in [0, 0.1) is 0 Å². The summed E-state index contributed by atoms with van der Waals surface area (Å²) in [7, 11) is 0. The number of carbonyl (C=O) groups is 1. The number of amides is 1. The van der Waals surface area contributed by atoms with E-state index in [0.717, 1.165) is 16.9 Å². The van der Waals surface area contributed by atoms with Crippen LogP contribution in [0.2, 0.25) is 0 Å². The predicted octanol–water partition coefficient (Wildman–Crippen LogP) is 3.45. The van der Waals surface area contributed by atoms with Crippen LogP contribution in [0.4, 0.5) is 0 Å². The molecule has 0 saturated heterocycles. The Labute approximate surface area is 112 Å². The van der Waals surface area contributed by atoms with Crippen molar-refractivity contribution in [1.82, 2.24) is 5.32 Å². The minimum Gasteiger partial charge on any atom is -0.467 e. The number of carbonyl (C=O) groups excluding carboxylic acids is 1. The van der Waals surface area contributed by atoms with Gasteiger partial charge in [0.15, 0.2) is 0 Å². The molecule has 0 aliphatic rings. The Kier molecular flexibility index (Phi) is 4.18. The van der Waals surface area contributed by atoms with Gasteiger partial charge >= 0.3 is 0 Å².